The van der Waals surface area contributed by atoms with Gasteiger partial charge in [0, 0.05) is 19.2 Å². The number of carbonyl (C=O) groups is 1. The number of methoxy groups -OCH3 is 2. The van der Waals surface area contributed by atoms with Gasteiger partial charge in [-0.2, -0.15) is 0 Å². The third-order valence-corrected chi connectivity index (χ3v) is 3.17. The smallest absolute Gasteiger partial charge is 0.410 e. The average molecular weight is 310 g/mol. The van der Waals surface area contributed by atoms with Gasteiger partial charge in [-0.05, 0) is 39.0 Å². The highest BCUT2D eigenvalue weighted by Crippen LogP contribution is 2.32. The van der Waals surface area contributed by atoms with Gasteiger partial charge in [-0.15, -0.1) is 0 Å². The molecule has 6 heteroatoms. The van der Waals surface area contributed by atoms with Crippen molar-refractivity contribution >= 4 is 6.09 Å². The molecule has 6 nitrogen and oxygen atoms in total. The van der Waals surface area contributed by atoms with Crippen LogP contribution in [0, 0.1) is 0 Å². The first-order valence-electron chi connectivity index (χ1n) is 7.11. The molecule has 0 aliphatic rings. The predicted molar refractivity (Wildman–Crippen MR) is 85.3 cm³/mol. The van der Waals surface area contributed by atoms with E-state index >= 15 is 0 Å². The molecule has 1 amide bonds. The molecule has 1 atom stereocenters. The highest BCUT2D eigenvalue weighted by Gasteiger charge is 2.27. The quantitative estimate of drug-likeness (QED) is 0.904. The lowest BCUT2D eigenvalue weighted by atomic mass is 10.0. The summed E-state index contributed by atoms with van der Waals surface area (Å²) in [6.45, 7) is 5.70. The van der Waals surface area contributed by atoms with E-state index in [2.05, 4.69) is 0 Å². The normalized spacial score (nSPS) is 12.5. The molecule has 124 valence electrons. The van der Waals surface area contributed by atoms with Gasteiger partial charge in [0.1, 0.15) is 17.1 Å². The summed E-state index contributed by atoms with van der Waals surface area (Å²) in [7, 11) is 4.82. The van der Waals surface area contributed by atoms with Crippen molar-refractivity contribution in [1.29, 1.82) is 0 Å². The SMILES string of the molecule is COc1ccc(OC)c(C(CN)N(C)C(=O)OC(C)(C)C)c1. The molecule has 0 saturated heterocycles. The summed E-state index contributed by atoms with van der Waals surface area (Å²) in [5.41, 5.74) is 6.09. The van der Waals surface area contributed by atoms with Gasteiger partial charge in [-0.25, -0.2) is 4.79 Å². The molecule has 0 aliphatic heterocycles. The molecular formula is C16H26N2O4. The van der Waals surface area contributed by atoms with Crippen molar-refractivity contribution in [3.8, 4) is 11.5 Å². The Labute approximate surface area is 132 Å². The number of amides is 1. The molecule has 0 heterocycles. The fourth-order valence-electron chi connectivity index (χ4n) is 2.05. The van der Waals surface area contributed by atoms with Gasteiger partial charge in [-0.3, -0.25) is 0 Å². The third-order valence-electron chi connectivity index (χ3n) is 3.17. The number of nitrogens with zero attached hydrogens (tertiary/aromatic N) is 1. The third kappa shape index (κ3) is 4.53. The second kappa shape index (κ2) is 7.35. The van der Waals surface area contributed by atoms with Crippen molar-refractivity contribution in [2.24, 2.45) is 5.73 Å². The van der Waals surface area contributed by atoms with Gasteiger partial charge >= 0.3 is 6.09 Å². The minimum Gasteiger partial charge on any atom is -0.497 e. The number of hydrogen-bond donors (Lipinski definition) is 1. The first-order valence-corrected chi connectivity index (χ1v) is 7.11. The van der Waals surface area contributed by atoms with E-state index in [9.17, 15) is 4.79 Å². The summed E-state index contributed by atoms with van der Waals surface area (Å²) in [5.74, 6) is 1.32. The summed E-state index contributed by atoms with van der Waals surface area (Å²) >= 11 is 0. The van der Waals surface area contributed by atoms with Crippen LogP contribution in [0.25, 0.3) is 0 Å². The van der Waals surface area contributed by atoms with Crippen molar-refractivity contribution in [2.75, 3.05) is 27.8 Å². The number of nitrogens with two attached hydrogens (primary N) is 1. The van der Waals surface area contributed by atoms with Crippen molar-refractivity contribution in [3.05, 3.63) is 23.8 Å². The molecule has 0 fully saturated rings. The van der Waals surface area contributed by atoms with Gasteiger partial charge in [0.05, 0.1) is 20.3 Å². The van der Waals surface area contributed by atoms with Crippen LogP contribution in [0.1, 0.15) is 32.4 Å². The molecule has 0 spiro atoms. The van der Waals surface area contributed by atoms with E-state index in [1.165, 1.54) is 4.90 Å². The van der Waals surface area contributed by atoms with Gasteiger partial charge in [0.15, 0.2) is 0 Å². The second-order valence-electron chi connectivity index (χ2n) is 5.95. The van der Waals surface area contributed by atoms with E-state index < -0.39 is 11.7 Å². The maximum absolute atomic E-state index is 12.3. The molecule has 0 aliphatic carbocycles. The first kappa shape index (κ1) is 18.1. The maximum atomic E-state index is 12.3. The van der Waals surface area contributed by atoms with Crippen LogP contribution in [0.15, 0.2) is 18.2 Å². The number of carbonyl (C=O) groups excluding carboxylic acids is 1. The van der Waals surface area contributed by atoms with E-state index in [1.807, 2.05) is 26.8 Å². The standard InChI is InChI=1S/C16H26N2O4/c1-16(2,3)22-15(19)18(4)13(10-17)12-9-11(20-5)7-8-14(12)21-6/h7-9,13H,10,17H2,1-6H3. The zero-order valence-corrected chi connectivity index (χ0v) is 14.2. The fourth-order valence-corrected chi connectivity index (χ4v) is 2.05. The van der Waals surface area contributed by atoms with Gasteiger partial charge < -0.3 is 24.8 Å². The number of benzene rings is 1. The zero-order valence-electron chi connectivity index (χ0n) is 14.2. The van der Waals surface area contributed by atoms with E-state index in [4.69, 9.17) is 19.9 Å². The Morgan fingerprint density at radius 1 is 1.27 bits per heavy atom. The monoisotopic (exact) mass is 310 g/mol. The highest BCUT2D eigenvalue weighted by atomic mass is 16.6. The Morgan fingerprint density at radius 3 is 2.36 bits per heavy atom. The van der Waals surface area contributed by atoms with Crippen LogP contribution in [-0.2, 0) is 4.74 Å². The second-order valence-corrected chi connectivity index (χ2v) is 5.95. The summed E-state index contributed by atoms with van der Waals surface area (Å²) in [6, 6.07) is 5.03. The summed E-state index contributed by atoms with van der Waals surface area (Å²) in [4.78, 5) is 13.7. The van der Waals surface area contributed by atoms with E-state index in [1.54, 1.807) is 33.4 Å². The zero-order chi connectivity index (χ0) is 16.9. The molecular weight excluding hydrogens is 284 g/mol. The molecule has 2 N–H and O–H groups in total. The van der Waals surface area contributed by atoms with Crippen LogP contribution < -0.4 is 15.2 Å². The number of hydrogen-bond acceptors (Lipinski definition) is 5. The van der Waals surface area contributed by atoms with Gasteiger partial charge in [0.25, 0.3) is 0 Å². The van der Waals surface area contributed by atoms with Gasteiger partial charge in [-0.1, -0.05) is 0 Å². The Bertz CT molecular complexity index is 511. The summed E-state index contributed by atoms with van der Waals surface area (Å²) in [6.07, 6.45) is -0.437. The van der Waals surface area contributed by atoms with Crippen LogP contribution >= 0.6 is 0 Å². The lowest BCUT2D eigenvalue weighted by Gasteiger charge is -2.31. The first-order chi connectivity index (χ1) is 10.2. The molecule has 0 bridgehead atoms. The molecule has 0 saturated carbocycles. The van der Waals surface area contributed by atoms with E-state index in [0.29, 0.717) is 11.5 Å². The highest BCUT2D eigenvalue weighted by molar-refractivity contribution is 5.69. The van der Waals surface area contributed by atoms with Crippen LogP contribution in [0.3, 0.4) is 0 Å². The predicted octanol–water partition coefficient (Wildman–Crippen LogP) is 2.57. The minimum atomic E-state index is -0.567. The fraction of sp³-hybridized carbons (Fsp3) is 0.562. The van der Waals surface area contributed by atoms with Crippen LogP contribution in [-0.4, -0.2) is 44.4 Å². The Morgan fingerprint density at radius 2 is 1.91 bits per heavy atom. The maximum Gasteiger partial charge on any atom is 0.410 e. The molecule has 0 aromatic heterocycles. The van der Waals surface area contributed by atoms with Crippen LogP contribution in [0.4, 0.5) is 4.79 Å². The lowest BCUT2D eigenvalue weighted by molar-refractivity contribution is 0.0224. The van der Waals surface area contributed by atoms with Crippen molar-refractivity contribution in [1.82, 2.24) is 4.90 Å². The molecule has 1 aromatic rings. The van der Waals surface area contributed by atoms with Crippen LogP contribution in [0.5, 0.6) is 11.5 Å². The van der Waals surface area contributed by atoms with Crippen LogP contribution in [0.2, 0.25) is 0 Å². The Hall–Kier alpha value is -1.95. The van der Waals surface area contributed by atoms with E-state index in [0.717, 1.165) is 5.56 Å². The topological polar surface area (TPSA) is 74.0 Å². The minimum absolute atomic E-state index is 0.235. The Balaban J connectivity index is 3.11. The van der Waals surface area contributed by atoms with Crippen molar-refractivity contribution in [2.45, 2.75) is 32.4 Å². The lowest BCUT2D eigenvalue weighted by Crippen LogP contribution is -2.39. The largest absolute Gasteiger partial charge is 0.497 e. The van der Waals surface area contributed by atoms with Crippen molar-refractivity contribution in [3.63, 3.8) is 0 Å². The van der Waals surface area contributed by atoms with Crippen molar-refractivity contribution < 1.29 is 19.0 Å². The van der Waals surface area contributed by atoms with E-state index in [-0.39, 0.29) is 12.6 Å². The molecule has 1 rings (SSSR count). The summed E-state index contributed by atoms with van der Waals surface area (Å²) in [5, 5.41) is 0. The molecule has 0 radical (unpaired) electrons. The molecule has 1 unspecified atom stereocenters. The Kier molecular flexibility index (Phi) is 6.05. The number of rotatable bonds is 5. The average Bonchev–Trinajstić information content (AvgIpc) is 2.45. The molecule has 22 heavy (non-hydrogen) atoms. The number of likely N-dealkylation sites (N-methyl/N-ethyl adjacent to an activating group) is 1. The number of ether oxygens (including phenoxy) is 3. The molecule has 1 aromatic carbocycles. The summed E-state index contributed by atoms with van der Waals surface area (Å²) < 4.78 is 16.0. The van der Waals surface area contributed by atoms with Gasteiger partial charge in [0.2, 0.25) is 0 Å².